The highest BCUT2D eigenvalue weighted by Crippen LogP contribution is 2.63. The largest absolute Gasteiger partial charge is 0.497 e. The van der Waals surface area contributed by atoms with Crippen molar-refractivity contribution < 1.29 is 33.7 Å². The average molecular weight is 555 g/mol. The molecule has 3 fully saturated rings. The van der Waals surface area contributed by atoms with Crippen LogP contribution in [0.5, 0.6) is 5.75 Å². The van der Waals surface area contributed by atoms with E-state index >= 15 is 0 Å². The number of hydrogen-bond acceptors (Lipinski definition) is 7. The summed E-state index contributed by atoms with van der Waals surface area (Å²) in [7, 11) is 1.57. The number of allylic oxidation sites excluding steroid dienone is 1. The second kappa shape index (κ2) is 12.1. The number of ether oxygens (including phenoxy) is 3. The van der Waals surface area contributed by atoms with Crippen molar-refractivity contribution in [2.75, 3.05) is 31.8 Å². The van der Waals surface area contributed by atoms with Crippen LogP contribution in [0.25, 0.3) is 0 Å². The van der Waals surface area contributed by atoms with Gasteiger partial charge in [0.1, 0.15) is 23.3 Å². The number of hydrogen-bond donors (Lipinski definition) is 1. The summed E-state index contributed by atoms with van der Waals surface area (Å²) in [6.07, 6.45) is 7.24. The lowest BCUT2D eigenvalue weighted by Gasteiger charge is -2.39. The Labute approximate surface area is 236 Å². The number of anilines is 1. The lowest BCUT2D eigenvalue weighted by atomic mass is 9.66. The van der Waals surface area contributed by atoms with Crippen LogP contribution in [-0.4, -0.2) is 77.9 Å². The molecule has 218 valence electrons. The molecule has 9 heteroatoms. The number of benzene rings is 1. The Balaban J connectivity index is 1.72. The molecule has 2 unspecified atom stereocenters. The van der Waals surface area contributed by atoms with Gasteiger partial charge in [-0.05, 0) is 69.7 Å². The third-order valence-electron chi connectivity index (χ3n) is 8.79. The van der Waals surface area contributed by atoms with Gasteiger partial charge in [-0.25, -0.2) is 0 Å². The van der Waals surface area contributed by atoms with Gasteiger partial charge in [0.25, 0.3) is 5.91 Å². The van der Waals surface area contributed by atoms with E-state index in [4.69, 9.17) is 14.2 Å². The van der Waals surface area contributed by atoms with Crippen molar-refractivity contribution in [3.63, 3.8) is 0 Å². The molecule has 1 aromatic carbocycles. The zero-order valence-electron chi connectivity index (χ0n) is 23.8. The molecule has 3 heterocycles. The molecular formula is C31H42N2O7. The van der Waals surface area contributed by atoms with E-state index in [9.17, 15) is 19.5 Å². The van der Waals surface area contributed by atoms with Crippen molar-refractivity contribution in [2.24, 2.45) is 11.8 Å². The van der Waals surface area contributed by atoms with E-state index in [1.165, 1.54) is 4.90 Å². The highest BCUT2D eigenvalue weighted by Gasteiger charge is 2.79. The first-order chi connectivity index (χ1) is 19.2. The van der Waals surface area contributed by atoms with Crippen molar-refractivity contribution in [3.05, 3.63) is 49.6 Å². The van der Waals surface area contributed by atoms with Crippen LogP contribution in [-0.2, 0) is 23.9 Å². The minimum atomic E-state index is -1.20. The maximum atomic E-state index is 14.5. The van der Waals surface area contributed by atoms with Crippen molar-refractivity contribution in [1.82, 2.24) is 4.90 Å². The highest BCUT2D eigenvalue weighted by atomic mass is 16.6. The molecule has 0 aliphatic carbocycles. The number of aliphatic hydroxyl groups excluding tert-OH is 1. The number of esters is 1. The first-order valence-corrected chi connectivity index (χ1v) is 14.2. The van der Waals surface area contributed by atoms with Crippen LogP contribution < -0.4 is 9.64 Å². The van der Waals surface area contributed by atoms with Gasteiger partial charge < -0.3 is 29.1 Å². The number of aliphatic hydroxyl groups is 1. The molecule has 9 nitrogen and oxygen atoms in total. The van der Waals surface area contributed by atoms with E-state index in [1.807, 2.05) is 19.9 Å². The molecule has 2 bridgehead atoms. The van der Waals surface area contributed by atoms with E-state index in [-0.39, 0.29) is 31.6 Å². The number of methoxy groups -OCH3 is 1. The Kier molecular flexibility index (Phi) is 9.05. The van der Waals surface area contributed by atoms with Gasteiger partial charge in [-0.2, -0.15) is 0 Å². The summed E-state index contributed by atoms with van der Waals surface area (Å²) in [6.45, 7) is 11.4. The molecule has 40 heavy (non-hydrogen) atoms. The normalized spacial score (nSPS) is 29.1. The quantitative estimate of drug-likeness (QED) is 0.213. The van der Waals surface area contributed by atoms with Gasteiger partial charge in [0.2, 0.25) is 5.91 Å². The summed E-state index contributed by atoms with van der Waals surface area (Å²) in [6, 6.07) is 5.46. The van der Waals surface area contributed by atoms with E-state index < -0.39 is 41.1 Å². The summed E-state index contributed by atoms with van der Waals surface area (Å²) >= 11 is 0. The molecule has 6 atom stereocenters. The van der Waals surface area contributed by atoms with Gasteiger partial charge in [0, 0.05) is 12.2 Å². The molecule has 4 rings (SSSR count). The molecule has 1 aromatic rings. The second-order valence-electron chi connectivity index (χ2n) is 11.1. The van der Waals surface area contributed by atoms with Crippen molar-refractivity contribution >= 4 is 23.5 Å². The molecule has 3 aliphatic heterocycles. The fourth-order valence-corrected chi connectivity index (χ4v) is 6.82. The highest BCUT2D eigenvalue weighted by molar-refractivity contribution is 6.05. The van der Waals surface area contributed by atoms with E-state index in [0.29, 0.717) is 37.1 Å². The number of unbranched alkanes of at least 4 members (excludes halogenated alkanes) is 2. The third kappa shape index (κ3) is 4.94. The summed E-state index contributed by atoms with van der Waals surface area (Å²) in [5.41, 5.74) is -1.51. The van der Waals surface area contributed by atoms with Gasteiger partial charge in [0.15, 0.2) is 0 Å². The summed E-state index contributed by atoms with van der Waals surface area (Å²) in [4.78, 5) is 45.3. The van der Waals surface area contributed by atoms with Crippen molar-refractivity contribution in [1.29, 1.82) is 0 Å². The molecule has 0 radical (unpaired) electrons. The zero-order chi connectivity index (χ0) is 29.1. The number of carbonyl (C=O) groups excluding carboxylic acids is 3. The lowest BCUT2D eigenvalue weighted by molar-refractivity contribution is -0.160. The van der Waals surface area contributed by atoms with Gasteiger partial charge in [-0.3, -0.25) is 14.4 Å². The van der Waals surface area contributed by atoms with Crippen molar-refractivity contribution in [2.45, 2.75) is 75.7 Å². The first-order valence-electron chi connectivity index (χ1n) is 14.2. The molecular weight excluding hydrogens is 512 g/mol. The molecule has 2 amide bonds. The van der Waals surface area contributed by atoms with Gasteiger partial charge in [-0.1, -0.05) is 19.1 Å². The maximum absolute atomic E-state index is 14.5. The summed E-state index contributed by atoms with van der Waals surface area (Å²) in [5, 5.41) is 10.3. The van der Waals surface area contributed by atoms with E-state index in [1.54, 1.807) is 42.4 Å². The average Bonchev–Trinajstić information content (AvgIpc) is 3.53. The number of nitrogens with zero attached hydrogens (tertiary/aromatic N) is 2. The number of amides is 2. The Morgan fingerprint density at radius 2 is 1.95 bits per heavy atom. The third-order valence-corrected chi connectivity index (χ3v) is 8.79. The van der Waals surface area contributed by atoms with Gasteiger partial charge >= 0.3 is 5.97 Å². The Bertz CT molecular complexity index is 1120. The van der Waals surface area contributed by atoms with Crippen LogP contribution in [0.1, 0.15) is 52.4 Å². The monoisotopic (exact) mass is 554 g/mol. The summed E-state index contributed by atoms with van der Waals surface area (Å²) in [5.74, 6) is -2.21. The Hall–Kier alpha value is -3.17. The van der Waals surface area contributed by atoms with Crippen LogP contribution in [0.4, 0.5) is 5.69 Å². The molecule has 1 spiro atoms. The smallest absolute Gasteiger partial charge is 0.312 e. The Morgan fingerprint density at radius 3 is 2.55 bits per heavy atom. The number of fused-ring (bicyclic) bond motifs is 1. The topological polar surface area (TPSA) is 106 Å². The maximum Gasteiger partial charge on any atom is 0.312 e. The van der Waals surface area contributed by atoms with Crippen LogP contribution in [0.3, 0.4) is 0 Å². The van der Waals surface area contributed by atoms with Gasteiger partial charge in [0.05, 0.1) is 37.9 Å². The minimum Gasteiger partial charge on any atom is -0.497 e. The van der Waals surface area contributed by atoms with Gasteiger partial charge in [-0.15, -0.1) is 13.2 Å². The Morgan fingerprint density at radius 1 is 1.23 bits per heavy atom. The minimum absolute atomic E-state index is 0.202. The van der Waals surface area contributed by atoms with Crippen LogP contribution in [0.2, 0.25) is 0 Å². The first kappa shape index (κ1) is 29.8. The number of likely N-dealkylation sites (tertiary alicyclic amines) is 1. The van der Waals surface area contributed by atoms with Crippen molar-refractivity contribution in [3.8, 4) is 5.75 Å². The molecule has 0 aromatic heterocycles. The van der Waals surface area contributed by atoms with Crippen LogP contribution in [0, 0.1) is 11.8 Å². The van der Waals surface area contributed by atoms with Crippen LogP contribution >= 0.6 is 0 Å². The SMILES string of the molecule is C=CCCCCOC(=O)[C@H]1[C@H]2C(=O)N([C@@H](CC)CO)C(C(=O)N(CC=C)c3ccc(OC)cc3)C23CC[C@]1(C)O3. The molecule has 1 N–H and O–H groups in total. The number of carbonyl (C=O) groups is 3. The standard InChI is InChI=1S/C31H42N2O7/c1-6-9-10-11-19-39-29(37)25-24-27(35)33(21(8-3)20-34)26(31(24)17-16-30(25,4)40-31)28(36)32(18-7-2)22-12-14-23(38-5)15-13-22/h6-7,12-15,21,24-26,34H,1-2,8-11,16-20H2,3-5H3/t21-,24-,25+,26?,30-,31?/m0/s1. The van der Waals surface area contributed by atoms with Crippen LogP contribution in [0.15, 0.2) is 49.6 Å². The fraction of sp³-hybridized carbons (Fsp3) is 0.581. The lowest BCUT2D eigenvalue weighted by Crippen LogP contribution is -2.59. The molecule has 3 saturated heterocycles. The summed E-state index contributed by atoms with van der Waals surface area (Å²) < 4.78 is 17.6. The van der Waals surface area contributed by atoms with E-state index in [0.717, 1.165) is 12.8 Å². The molecule has 0 saturated carbocycles. The zero-order valence-corrected chi connectivity index (χ0v) is 23.8. The fourth-order valence-electron chi connectivity index (χ4n) is 6.82. The second-order valence-corrected chi connectivity index (χ2v) is 11.1. The predicted molar refractivity (Wildman–Crippen MR) is 151 cm³/mol. The predicted octanol–water partition coefficient (Wildman–Crippen LogP) is 3.65. The number of rotatable bonds is 14. The van der Waals surface area contributed by atoms with E-state index in [2.05, 4.69) is 13.2 Å². The molecule has 3 aliphatic rings.